The molecule has 3 rings (SSSR count). The number of benzene rings is 1. The maximum Gasteiger partial charge on any atom is 0.194 e. The molecule has 5 heteroatoms. The number of nitrogens with zero attached hydrogens (tertiary/aromatic N) is 2. The summed E-state index contributed by atoms with van der Waals surface area (Å²) in [5.41, 5.74) is 3.39. The normalized spacial score (nSPS) is 10.8. The van der Waals surface area contributed by atoms with E-state index in [-0.39, 0.29) is 0 Å². The molecule has 0 saturated heterocycles. The monoisotopic (exact) mass is 272 g/mol. The lowest BCUT2D eigenvalue weighted by atomic mass is 10.1. The predicted molar refractivity (Wildman–Crippen MR) is 75.2 cm³/mol. The van der Waals surface area contributed by atoms with Crippen LogP contribution in [-0.4, -0.2) is 22.8 Å². The molecule has 4 nitrogen and oxygen atoms in total. The van der Waals surface area contributed by atoms with Crippen LogP contribution >= 0.6 is 11.3 Å². The second kappa shape index (κ2) is 4.51. The summed E-state index contributed by atoms with van der Waals surface area (Å²) >= 11 is 1.53. The molecule has 0 spiro atoms. The lowest BCUT2D eigenvalue weighted by molar-refractivity contribution is 0.111. The summed E-state index contributed by atoms with van der Waals surface area (Å²) in [6.07, 6.45) is 0.856. The van der Waals surface area contributed by atoms with Gasteiger partial charge in [-0.05, 0) is 36.8 Å². The van der Waals surface area contributed by atoms with Crippen LogP contribution < -0.4 is 4.74 Å². The quantitative estimate of drug-likeness (QED) is 0.688. The van der Waals surface area contributed by atoms with E-state index in [9.17, 15) is 4.79 Å². The number of aryl methyl sites for hydroxylation is 1. The molecule has 0 unspecified atom stereocenters. The van der Waals surface area contributed by atoms with Crippen LogP contribution in [0.25, 0.3) is 16.2 Å². The number of aromatic nitrogens is 2. The third-order valence-corrected chi connectivity index (χ3v) is 3.91. The van der Waals surface area contributed by atoms with Crippen molar-refractivity contribution < 1.29 is 9.53 Å². The molecule has 0 saturated carbocycles. The van der Waals surface area contributed by atoms with Crippen LogP contribution in [0.4, 0.5) is 0 Å². The Morgan fingerprint density at radius 3 is 2.68 bits per heavy atom. The van der Waals surface area contributed by atoms with Crippen molar-refractivity contribution in [3.05, 3.63) is 41.0 Å². The van der Waals surface area contributed by atoms with Gasteiger partial charge in [0.05, 0.1) is 18.5 Å². The largest absolute Gasteiger partial charge is 0.497 e. The molecular formula is C14H12N2O2S. The first-order valence-electron chi connectivity index (χ1n) is 5.80. The molecule has 1 aromatic carbocycles. The topological polar surface area (TPSA) is 43.6 Å². The summed E-state index contributed by atoms with van der Waals surface area (Å²) < 4.78 is 7.05. The van der Waals surface area contributed by atoms with E-state index in [1.807, 2.05) is 41.0 Å². The minimum absolute atomic E-state index is 0.613. The van der Waals surface area contributed by atoms with Crippen molar-refractivity contribution >= 4 is 22.6 Å². The van der Waals surface area contributed by atoms with Crippen molar-refractivity contribution in [2.24, 2.45) is 0 Å². The number of aldehydes is 1. The second-order valence-electron chi connectivity index (χ2n) is 4.17. The number of thiazole rings is 1. The van der Waals surface area contributed by atoms with Crippen LogP contribution in [0.3, 0.4) is 0 Å². The Morgan fingerprint density at radius 2 is 2.05 bits per heavy atom. The number of imidazole rings is 1. The van der Waals surface area contributed by atoms with E-state index in [0.29, 0.717) is 5.69 Å². The maximum absolute atomic E-state index is 11.2. The zero-order chi connectivity index (χ0) is 13.4. The van der Waals surface area contributed by atoms with Gasteiger partial charge in [-0.25, -0.2) is 4.98 Å². The Hall–Kier alpha value is -2.14. The highest BCUT2D eigenvalue weighted by Crippen LogP contribution is 2.29. The fraction of sp³-hybridized carbons (Fsp3) is 0.143. The molecule has 19 heavy (non-hydrogen) atoms. The predicted octanol–water partition coefficient (Wildman–Crippen LogP) is 3.19. The van der Waals surface area contributed by atoms with Gasteiger partial charge in [-0.2, -0.15) is 0 Å². The number of hydrogen-bond acceptors (Lipinski definition) is 4. The van der Waals surface area contributed by atoms with E-state index in [2.05, 4.69) is 4.98 Å². The summed E-state index contributed by atoms with van der Waals surface area (Å²) in [5, 5.41) is 2.01. The van der Waals surface area contributed by atoms with Gasteiger partial charge in [0.25, 0.3) is 0 Å². The van der Waals surface area contributed by atoms with Crippen molar-refractivity contribution in [3.8, 4) is 17.0 Å². The van der Waals surface area contributed by atoms with Gasteiger partial charge >= 0.3 is 0 Å². The van der Waals surface area contributed by atoms with E-state index in [1.54, 1.807) is 7.11 Å². The van der Waals surface area contributed by atoms with Gasteiger partial charge in [0.15, 0.2) is 11.2 Å². The third-order valence-electron chi connectivity index (χ3n) is 3.08. The molecule has 3 aromatic rings. The van der Waals surface area contributed by atoms with Gasteiger partial charge in [0.2, 0.25) is 0 Å². The highest BCUT2D eigenvalue weighted by atomic mass is 32.1. The van der Waals surface area contributed by atoms with Gasteiger partial charge in [-0.15, -0.1) is 11.3 Å². The van der Waals surface area contributed by atoms with Crippen molar-refractivity contribution in [2.45, 2.75) is 6.92 Å². The first-order chi connectivity index (χ1) is 9.24. The van der Waals surface area contributed by atoms with Crippen molar-refractivity contribution in [2.75, 3.05) is 7.11 Å². The van der Waals surface area contributed by atoms with Crippen LogP contribution in [-0.2, 0) is 0 Å². The lowest BCUT2D eigenvalue weighted by Crippen LogP contribution is -1.93. The Bertz CT molecular complexity index is 741. The molecule has 0 radical (unpaired) electrons. The zero-order valence-corrected chi connectivity index (χ0v) is 11.4. The molecule has 2 heterocycles. The van der Waals surface area contributed by atoms with Gasteiger partial charge in [0.1, 0.15) is 11.4 Å². The number of hydrogen-bond donors (Lipinski definition) is 0. The van der Waals surface area contributed by atoms with Gasteiger partial charge < -0.3 is 4.74 Å². The van der Waals surface area contributed by atoms with Crippen LogP contribution in [0.2, 0.25) is 0 Å². The molecule has 0 atom stereocenters. The Kier molecular flexibility index (Phi) is 2.83. The summed E-state index contributed by atoms with van der Waals surface area (Å²) in [7, 11) is 1.64. The van der Waals surface area contributed by atoms with Crippen molar-refractivity contribution in [1.29, 1.82) is 0 Å². The fourth-order valence-electron chi connectivity index (χ4n) is 2.09. The number of carbonyl (C=O) groups is 1. The molecule has 2 aromatic heterocycles. The highest BCUT2D eigenvalue weighted by molar-refractivity contribution is 7.15. The van der Waals surface area contributed by atoms with E-state index in [0.717, 1.165) is 33.9 Å². The third kappa shape index (κ3) is 1.82. The molecule has 0 aliphatic rings. The smallest absolute Gasteiger partial charge is 0.194 e. The highest BCUT2D eigenvalue weighted by Gasteiger charge is 2.14. The molecule has 96 valence electrons. The molecular weight excluding hydrogens is 260 g/mol. The summed E-state index contributed by atoms with van der Waals surface area (Å²) in [6, 6.07) is 7.76. The second-order valence-corrected chi connectivity index (χ2v) is 5.00. The van der Waals surface area contributed by atoms with Gasteiger partial charge in [-0.3, -0.25) is 9.20 Å². The van der Waals surface area contributed by atoms with E-state index in [4.69, 9.17) is 4.74 Å². The lowest BCUT2D eigenvalue weighted by Gasteiger charge is -2.03. The Balaban J connectivity index is 2.21. The average Bonchev–Trinajstić information content (AvgIpc) is 2.96. The first kappa shape index (κ1) is 11.9. The van der Waals surface area contributed by atoms with E-state index < -0.39 is 0 Å². The molecule has 0 fully saturated rings. The van der Waals surface area contributed by atoms with Crippen LogP contribution in [0, 0.1) is 6.92 Å². The summed E-state index contributed by atoms with van der Waals surface area (Å²) in [5.74, 6) is 0.813. The summed E-state index contributed by atoms with van der Waals surface area (Å²) in [4.78, 5) is 16.4. The van der Waals surface area contributed by atoms with E-state index in [1.165, 1.54) is 11.3 Å². The molecule has 0 aliphatic carbocycles. The van der Waals surface area contributed by atoms with Gasteiger partial charge in [-0.1, -0.05) is 0 Å². The molecule has 0 N–H and O–H groups in total. The van der Waals surface area contributed by atoms with Crippen LogP contribution in [0.15, 0.2) is 29.6 Å². The average molecular weight is 272 g/mol. The summed E-state index contributed by atoms with van der Waals surface area (Å²) in [6.45, 7) is 1.85. The number of fused-ring (bicyclic) bond motifs is 1. The van der Waals surface area contributed by atoms with Crippen molar-refractivity contribution in [3.63, 3.8) is 0 Å². The Labute approximate surface area is 114 Å². The van der Waals surface area contributed by atoms with E-state index >= 15 is 0 Å². The first-order valence-corrected chi connectivity index (χ1v) is 6.68. The van der Waals surface area contributed by atoms with Crippen LogP contribution in [0.1, 0.15) is 16.2 Å². The maximum atomic E-state index is 11.2. The van der Waals surface area contributed by atoms with Crippen molar-refractivity contribution in [1.82, 2.24) is 9.38 Å². The SMILES string of the molecule is COc1ccc(-c2csc3nc(C)c(C=O)n23)cc1. The number of ether oxygens (including phenoxy) is 1. The minimum atomic E-state index is 0.613. The zero-order valence-electron chi connectivity index (χ0n) is 10.6. The minimum Gasteiger partial charge on any atom is -0.497 e. The number of rotatable bonds is 3. The number of methoxy groups -OCH3 is 1. The fourth-order valence-corrected chi connectivity index (χ4v) is 3.04. The Morgan fingerprint density at radius 1 is 1.32 bits per heavy atom. The van der Waals surface area contributed by atoms with Gasteiger partial charge in [0, 0.05) is 5.38 Å². The van der Waals surface area contributed by atoms with Crippen LogP contribution in [0.5, 0.6) is 5.75 Å². The number of carbonyl (C=O) groups excluding carboxylic acids is 1. The molecule has 0 amide bonds. The standard InChI is InChI=1S/C14H12N2O2S/c1-9-12(7-17)16-13(8-19-14(16)15-9)10-3-5-11(18-2)6-4-10/h3-8H,1-2H3. The molecule has 0 bridgehead atoms. The molecule has 0 aliphatic heterocycles.